The molecule has 2 N–H and O–H groups in total. The third kappa shape index (κ3) is 5.43. The molecular formula is C23H22N4O3S2. The van der Waals surface area contributed by atoms with Gasteiger partial charge in [0.15, 0.2) is 0 Å². The normalized spacial score (nSPS) is 11.3. The molecule has 2 aromatic heterocycles. The molecule has 0 bridgehead atoms. The van der Waals surface area contributed by atoms with Gasteiger partial charge in [0.1, 0.15) is 10.0 Å². The number of nitrogens with one attached hydrogen (secondary N) is 2. The maximum Gasteiger partial charge on any atom is 0.271 e. The van der Waals surface area contributed by atoms with Gasteiger partial charge in [-0.15, -0.1) is 11.3 Å². The lowest BCUT2D eigenvalue weighted by Gasteiger charge is -2.10. The van der Waals surface area contributed by atoms with Crippen molar-refractivity contribution in [2.24, 2.45) is 0 Å². The molecule has 4 aromatic rings. The number of aromatic nitrogens is 2. The first kappa shape index (κ1) is 21.8. The number of sulfonamides is 1. The molecule has 1 amide bonds. The zero-order valence-electron chi connectivity index (χ0n) is 17.4. The minimum Gasteiger partial charge on any atom is -0.311 e. The Morgan fingerprint density at radius 1 is 1.00 bits per heavy atom. The average molecular weight is 467 g/mol. The molecule has 164 valence electrons. The number of aryl methyl sites for hydroxylation is 1. The van der Waals surface area contributed by atoms with E-state index in [1.165, 1.54) is 0 Å². The molecule has 32 heavy (non-hydrogen) atoms. The summed E-state index contributed by atoms with van der Waals surface area (Å²) < 4.78 is 29.2. The highest BCUT2D eigenvalue weighted by atomic mass is 32.2. The van der Waals surface area contributed by atoms with Crippen LogP contribution in [0.1, 0.15) is 16.8 Å². The summed E-state index contributed by atoms with van der Waals surface area (Å²) >= 11 is 1.15. The van der Waals surface area contributed by atoms with Crippen molar-refractivity contribution in [2.75, 3.05) is 10.0 Å². The van der Waals surface area contributed by atoms with Gasteiger partial charge in [-0.25, -0.2) is 13.1 Å². The van der Waals surface area contributed by atoms with Crippen LogP contribution < -0.4 is 10.0 Å². The maximum absolute atomic E-state index is 12.6. The molecule has 2 aromatic carbocycles. The van der Waals surface area contributed by atoms with E-state index in [4.69, 9.17) is 0 Å². The molecule has 0 spiro atoms. The highest BCUT2D eigenvalue weighted by Crippen LogP contribution is 2.21. The monoisotopic (exact) mass is 466 g/mol. The molecule has 4 rings (SSSR count). The van der Waals surface area contributed by atoms with Crippen LogP contribution >= 0.6 is 11.3 Å². The van der Waals surface area contributed by atoms with Gasteiger partial charge in [-0.3, -0.25) is 9.52 Å². The van der Waals surface area contributed by atoms with Crippen molar-refractivity contribution in [3.05, 3.63) is 95.0 Å². The van der Waals surface area contributed by atoms with Gasteiger partial charge >= 0.3 is 0 Å². The van der Waals surface area contributed by atoms with Crippen LogP contribution in [0.25, 0.3) is 0 Å². The minimum absolute atomic E-state index is 0.160. The van der Waals surface area contributed by atoms with Crippen LogP contribution in [0.4, 0.5) is 11.5 Å². The second-order valence-corrected chi connectivity index (χ2v) is 10.1. The van der Waals surface area contributed by atoms with Crippen LogP contribution in [0.5, 0.6) is 0 Å². The lowest BCUT2D eigenvalue weighted by Crippen LogP contribution is -2.18. The summed E-state index contributed by atoms with van der Waals surface area (Å²) in [6, 6.07) is 21.8. The Kier molecular flexibility index (Phi) is 6.38. The van der Waals surface area contributed by atoms with Crippen molar-refractivity contribution < 1.29 is 13.2 Å². The summed E-state index contributed by atoms with van der Waals surface area (Å²) in [7, 11) is -3.60. The van der Waals surface area contributed by atoms with E-state index in [-0.39, 0.29) is 16.5 Å². The van der Waals surface area contributed by atoms with E-state index in [0.29, 0.717) is 18.1 Å². The average Bonchev–Trinajstić information content (AvgIpc) is 3.41. The molecule has 0 saturated heterocycles. The van der Waals surface area contributed by atoms with Gasteiger partial charge in [0.2, 0.25) is 5.91 Å². The molecule has 7 nitrogen and oxygen atoms in total. The summed E-state index contributed by atoms with van der Waals surface area (Å²) in [4.78, 5) is 12.6. The highest BCUT2D eigenvalue weighted by molar-refractivity contribution is 7.94. The minimum atomic E-state index is -3.60. The van der Waals surface area contributed by atoms with Gasteiger partial charge in [0.05, 0.1) is 18.7 Å². The number of thiophene rings is 1. The SMILES string of the molecule is Cc1cc(NC(=O)Cc2ccc(NS(=O)(=O)c3cccs3)cc2)n(Cc2ccccc2)n1. The standard InChI is InChI=1S/C23H22N4O3S2/c1-17-14-21(27(25-17)16-19-6-3-2-4-7-19)24-22(28)15-18-9-11-20(12-10-18)26-32(29,30)23-8-5-13-31-23/h2-14,26H,15-16H2,1H3,(H,24,28). The second kappa shape index (κ2) is 9.37. The van der Waals surface area contributed by atoms with Crippen LogP contribution in [-0.4, -0.2) is 24.1 Å². The number of amides is 1. The molecule has 0 aliphatic rings. The number of carbonyl (C=O) groups is 1. The molecule has 9 heteroatoms. The van der Waals surface area contributed by atoms with Gasteiger partial charge in [-0.1, -0.05) is 48.5 Å². The molecule has 0 radical (unpaired) electrons. The third-order valence-electron chi connectivity index (χ3n) is 4.68. The highest BCUT2D eigenvalue weighted by Gasteiger charge is 2.15. The van der Waals surface area contributed by atoms with Gasteiger partial charge in [0, 0.05) is 11.8 Å². The number of benzene rings is 2. The Balaban J connectivity index is 1.39. The third-order valence-corrected chi connectivity index (χ3v) is 7.45. The predicted octanol–water partition coefficient (Wildman–Crippen LogP) is 4.28. The number of rotatable bonds is 8. The number of carbonyl (C=O) groups excluding carboxylic acids is 1. The lowest BCUT2D eigenvalue weighted by atomic mass is 10.1. The largest absolute Gasteiger partial charge is 0.311 e. The zero-order chi connectivity index (χ0) is 22.6. The second-order valence-electron chi connectivity index (χ2n) is 7.27. The molecule has 0 saturated carbocycles. The quantitative estimate of drug-likeness (QED) is 0.405. The van der Waals surface area contributed by atoms with Gasteiger partial charge in [-0.2, -0.15) is 5.10 Å². The molecule has 0 aliphatic carbocycles. The first-order valence-electron chi connectivity index (χ1n) is 9.92. The molecule has 0 unspecified atom stereocenters. The Hall–Kier alpha value is -3.43. The summed E-state index contributed by atoms with van der Waals surface area (Å²) in [6.45, 7) is 2.44. The molecule has 0 atom stereocenters. The molecule has 0 aliphatic heterocycles. The number of hydrogen-bond donors (Lipinski definition) is 2. The van der Waals surface area contributed by atoms with Gasteiger partial charge in [0.25, 0.3) is 10.0 Å². The molecule has 2 heterocycles. The van der Waals surface area contributed by atoms with E-state index in [1.807, 2.05) is 43.3 Å². The molecule has 0 fully saturated rings. The van der Waals surface area contributed by atoms with E-state index in [2.05, 4.69) is 15.1 Å². The lowest BCUT2D eigenvalue weighted by molar-refractivity contribution is -0.115. The Bertz CT molecular complexity index is 1300. The van der Waals surface area contributed by atoms with E-state index >= 15 is 0 Å². The van der Waals surface area contributed by atoms with Crippen LogP contribution in [0.2, 0.25) is 0 Å². The van der Waals surface area contributed by atoms with Gasteiger partial charge < -0.3 is 5.32 Å². The van der Waals surface area contributed by atoms with Crippen molar-refractivity contribution in [1.29, 1.82) is 0 Å². The van der Waals surface area contributed by atoms with Crippen molar-refractivity contribution >= 4 is 38.8 Å². The van der Waals surface area contributed by atoms with Crippen LogP contribution in [0, 0.1) is 6.92 Å². The fourth-order valence-corrected chi connectivity index (χ4v) is 5.26. The van der Waals surface area contributed by atoms with Crippen LogP contribution in [0.3, 0.4) is 0 Å². The van der Waals surface area contributed by atoms with Crippen molar-refractivity contribution in [3.8, 4) is 0 Å². The zero-order valence-corrected chi connectivity index (χ0v) is 19.0. The van der Waals surface area contributed by atoms with Crippen molar-refractivity contribution in [3.63, 3.8) is 0 Å². The van der Waals surface area contributed by atoms with E-state index in [1.54, 1.807) is 46.5 Å². The fraction of sp³-hybridized carbons (Fsp3) is 0.130. The van der Waals surface area contributed by atoms with E-state index in [0.717, 1.165) is 28.2 Å². The summed E-state index contributed by atoms with van der Waals surface area (Å²) in [5.41, 5.74) is 3.12. The smallest absolute Gasteiger partial charge is 0.271 e. The molecular weight excluding hydrogens is 444 g/mol. The van der Waals surface area contributed by atoms with E-state index in [9.17, 15) is 13.2 Å². The Morgan fingerprint density at radius 2 is 1.75 bits per heavy atom. The topological polar surface area (TPSA) is 93.1 Å². The van der Waals surface area contributed by atoms with Crippen LogP contribution in [-0.2, 0) is 27.8 Å². The first-order chi connectivity index (χ1) is 15.4. The predicted molar refractivity (Wildman–Crippen MR) is 126 cm³/mol. The Labute approximate surface area is 190 Å². The van der Waals surface area contributed by atoms with Crippen molar-refractivity contribution in [2.45, 2.75) is 24.1 Å². The first-order valence-corrected chi connectivity index (χ1v) is 12.3. The number of nitrogens with zero attached hydrogens (tertiary/aromatic N) is 2. The summed E-state index contributed by atoms with van der Waals surface area (Å²) in [6.07, 6.45) is 0.160. The number of hydrogen-bond acceptors (Lipinski definition) is 5. The Morgan fingerprint density at radius 3 is 2.44 bits per heavy atom. The van der Waals surface area contributed by atoms with Crippen molar-refractivity contribution in [1.82, 2.24) is 9.78 Å². The summed E-state index contributed by atoms with van der Waals surface area (Å²) in [5, 5.41) is 9.11. The van der Waals surface area contributed by atoms with Crippen LogP contribution in [0.15, 0.2) is 82.4 Å². The maximum atomic E-state index is 12.6. The van der Waals surface area contributed by atoms with E-state index < -0.39 is 10.0 Å². The van der Waals surface area contributed by atoms with Gasteiger partial charge in [-0.05, 0) is 41.6 Å². The fourth-order valence-electron chi connectivity index (χ4n) is 3.21. The summed E-state index contributed by atoms with van der Waals surface area (Å²) in [5.74, 6) is 0.461. The number of anilines is 2.